The average molecular weight is 309 g/mol. The fraction of sp³-hybridized carbons (Fsp3) is 0.316. The summed E-state index contributed by atoms with van der Waals surface area (Å²) in [6.07, 6.45) is 0. The number of nitrogens with zero attached hydrogens (tertiary/aromatic N) is 2. The van der Waals surface area contributed by atoms with Crippen LogP contribution in [0.4, 0.5) is 5.69 Å². The van der Waals surface area contributed by atoms with E-state index in [1.165, 1.54) is 11.3 Å². The smallest absolute Gasteiger partial charge is 0.254 e. The van der Waals surface area contributed by atoms with Crippen molar-refractivity contribution in [2.45, 2.75) is 13.5 Å². The molecule has 120 valence electrons. The zero-order valence-corrected chi connectivity index (χ0v) is 13.5. The van der Waals surface area contributed by atoms with Gasteiger partial charge in [0.25, 0.3) is 5.91 Å². The van der Waals surface area contributed by atoms with Crippen LogP contribution in [0.3, 0.4) is 0 Å². The maximum atomic E-state index is 12.7. The minimum Gasteiger partial charge on any atom is -0.368 e. The van der Waals surface area contributed by atoms with E-state index in [2.05, 4.69) is 36.1 Å². The number of carbonyl (C=O) groups is 1. The monoisotopic (exact) mass is 309 g/mol. The van der Waals surface area contributed by atoms with Crippen LogP contribution in [0.1, 0.15) is 21.5 Å². The Morgan fingerprint density at radius 1 is 1.04 bits per heavy atom. The van der Waals surface area contributed by atoms with Gasteiger partial charge in [-0.2, -0.15) is 0 Å². The Morgan fingerprint density at radius 2 is 1.78 bits per heavy atom. The maximum Gasteiger partial charge on any atom is 0.254 e. The SMILES string of the molecule is Cc1cccc(N2CCN(C(=O)c3ccccc3CN)CC2)c1. The summed E-state index contributed by atoms with van der Waals surface area (Å²) in [5.41, 5.74) is 9.90. The number of aryl methyl sites for hydroxylation is 1. The first-order valence-electron chi connectivity index (χ1n) is 8.08. The van der Waals surface area contributed by atoms with E-state index < -0.39 is 0 Å². The lowest BCUT2D eigenvalue weighted by atomic mass is 10.1. The van der Waals surface area contributed by atoms with E-state index in [0.29, 0.717) is 6.54 Å². The molecular weight excluding hydrogens is 286 g/mol. The Bertz CT molecular complexity index is 691. The van der Waals surface area contributed by atoms with Crippen LogP contribution in [-0.4, -0.2) is 37.0 Å². The molecular formula is C19H23N3O. The summed E-state index contributed by atoms with van der Waals surface area (Å²) in [6, 6.07) is 16.1. The highest BCUT2D eigenvalue weighted by Gasteiger charge is 2.23. The quantitative estimate of drug-likeness (QED) is 0.947. The molecule has 1 fully saturated rings. The normalized spacial score (nSPS) is 14.9. The van der Waals surface area contributed by atoms with E-state index in [9.17, 15) is 4.79 Å². The van der Waals surface area contributed by atoms with Gasteiger partial charge in [-0.15, -0.1) is 0 Å². The molecule has 1 saturated heterocycles. The van der Waals surface area contributed by atoms with Gasteiger partial charge < -0.3 is 15.5 Å². The average Bonchev–Trinajstić information content (AvgIpc) is 2.61. The van der Waals surface area contributed by atoms with Crippen LogP contribution in [0.15, 0.2) is 48.5 Å². The molecule has 1 aliphatic rings. The molecule has 1 aliphatic heterocycles. The van der Waals surface area contributed by atoms with Crippen LogP contribution >= 0.6 is 0 Å². The second kappa shape index (κ2) is 6.84. The minimum absolute atomic E-state index is 0.0925. The van der Waals surface area contributed by atoms with Crippen LogP contribution in [0.5, 0.6) is 0 Å². The molecule has 0 atom stereocenters. The number of rotatable bonds is 3. The largest absolute Gasteiger partial charge is 0.368 e. The zero-order chi connectivity index (χ0) is 16.2. The highest BCUT2D eigenvalue weighted by molar-refractivity contribution is 5.95. The third kappa shape index (κ3) is 3.37. The molecule has 23 heavy (non-hydrogen) atoms. The summed E-state index contributed by atoms with van der Waals surface area (Å²) in [7, 11) is 0. The number of amides is 1. The van der Waals surface area contributed by atoms with Gasteiger partial charge in [-0.1, -0.05) is 30.3 Å². The van der Waals surface area contributed by atoms with Crippen molar-refractivity contribution in [1.82, 2.24) is 4.90 Å². The number of nitrogens with two attached hydrogens (primary N) is 1. The third-order valence-corrected chi connectivity index (χ3v) is 4.40. The molecule has 4 heteroatoms. The lowest BCUT2D eigenvalue weighted by Gasteiger charge is -2.36. The van der Waals surface area contributed by atoms with Crippen molar-refractivity contribution in [3.63, 3.8) is 0 Å². The highest BCUT2D eigenvalue weighted by Crippen LogP contribution is 2.19. The van der Waals surface area contributed by atoms with Crippen LogP contribution in [0, 0.1) is 6.92 Å². The molecule has 4 nitrogen and oxygen atoms in total. The van der Waals surface area contributed by atoms with E-state index in [-0.39, 0.29) is 5.91 Å². The molecule has 0 saturated carbocycles. The number of piperazine rings is 1. The van der Waals surface area contributed by atoms with E-state index in [1.807, 2.05) is 29.2 Å². The molecule has 2 aromatic carbocycles. The van der Waals surface area contributed by atoms with E-state index in [0.717, 1.165) is 37.3 Å². The standard InChI is InChI=1S/C19H23N3O/c1-15-5-4-7-17(13-15)21-9-11-22(12-10-21)19(23)18-8-3-2-6-16(18)14-20/h2-8,13H,9-12,14,20H2,1H3. The molecule has 2 aromatic rings. The van der Waals surface area contributed by atoms with Crippen molar-refractivity contribution in [3.05, 3.63) is 65.2 Å². The fourth-order valence-electron chi connectivity index (χ4n) is 3.07. The molecule has 1 amide bonds. The lowest BCUT2D eigenvalue weighted by molar-refractivity contribution is 0.0745. The van der Waals surface area contributed by atoms with Gasteiger partial charge in [0.15, 0.2) is 0 Å². The predicted octanol–water partition coefficient (Wildman–Crippen LogP) is 2.42. The number of hydrogen-bond donors (Lipinski definition) is 1. The second-order valence-corrected chi connectivity index (χ2v) is 5.98. The molecule has 0 bridgehead atoms. The minimum atomic E-state index is 0.0925. The van der Waals surface area contributed by atoms with Crippen LogP contribution < -0.4 is 10.6 Å². The molecule has 0 aliphatic carbocycles. The van der Waals surface area contributed by atoms with Gasteiger partial charge in [-0.25, -0.2) is 0 Å². The summed E-state index contributed by atoms with van der Waals surface area (Å²) in [5, 5.41) is 0. The Morgan fingerprint density at radius 3 is 2.48 bits per heavy atom. The molecule has 2 N–H and O–H groups in total. The fourth-order valence-corrected chi connectivity index (χ4v) is 3.07. The summed E-state index contributed by atoms with van der Waals surface area (Å²) in [4.78, 5) is 17.0. The van der Waals surface area contributed by atoms with Crippen LogP contribution in [0.25, 0.3) is 0 Å². The van der Waals surface area contributed by atoms with E-state index in [4.69, 9.17) is 5.73 Å². The molecule has 0 spiro atoms. The van der Waals surface area contributed by atoms with Gasteiger partial charge in [-0.3, -0.25) is 4.79 Å². The van der Waals surface area contributed by atoms with Gasteiger partial charge in [0.05, 0.1) is 0 Å². The third-order valence-electron chi connectivity index (χ3n) is 4.40. The first-order chi connectivity index (χ1) is 11.2. The number of hydrogen-bond acceptors (Lipinski definition) is 3. The Labute approximate surface area is 137 Å². The number of anilines is 1. The summed E-state index contributed by atoms with van der Waals surface area (Å²) in [6.45, 7) is 5.70. The number of benzene rings is 2. The lowest BCUT2D eigenvalue weighted by Crippen LogP contribution is -2.49. The van der Waals surface area contributed by atoms with Crippen molar-refractivity contribution in [2.24, 2.45) is 5.73 Å². The summed E-state index contributed by atoms with van der Waals surface area (Å²) in [5.74, 6) is 0.0925. The van der Waals surface area contributed by atoms with Gasteiger partial charge in [0.2, 0.25) is 0 Å². The summed E-state index contributed by atoms with van der Waals surface area (Å²) < 4.78 is 0. The second-order valence-electron chi connectivity index (χ2n) is 5.98. The predicted molar refractivity (Wildman–Crippen MR) is 93.6 cm³/mol. The van der Waals surface area contributed by atoms with Crippen molar-refractivity contribution >= 4 is 11.6 Å². The van der Waals surface area contributed by atoms with Crippen molar-refractivity contribution < 1.29 is 4.79 Å². The van der Waals surface area contributed by atoms with Crippen LogP contribution in [-0.2, 0) is 6.54 Å². The van der Waals surface area contributed by atoms with E-state index >= 15 is 0 Å². The number of carbonyl (C=O) groups excluding carboxylic acids is 1. The Kier molecular flexibility index (Phi) is 4.63. The molecule has 3 rings (SSSR count). The van der Waals surface area contributed by atoms with Gasteiger partial charge >= 0.3 is 0 Å². The maximum absolute atomic E-state index is 12.7. The molecule has 0 aromatic heterocycles. The molecule has 1 heterocycles. The first-order valence-corrected chi connectivity index (χ1v) is 8.08. The van der Waals surface area contributed by atoms with E-state index in [1.54, 1.807) is 0 Å². The van der Waals surface area contributed by atoms with Gasteiger partial charge in [-0.05, 0) is 36.2 Å². The van der Waals surface area contributed by atoms with Gasteiger partial charge in [0, 0.05) is 44.0 Å². The highest BCUT2D eigenvalue weighted by atomic mass is 16.2. The van der Waals surface area contributed by atoms with Gasteiger partial charge in [0.1, 0.15) is 0 Å². The molecule has 0 unspecified atom stereocenters. The van der Waals surface area contributed by atoms with Crippen molar-refractivity contribution in [1.29, 1.82) is 0 Å². The summed E-state index contributed by atoms with van der Waals surface area (Å²) >= 11 is 0. The topological polar surface area (TPSA) is 49.6 Å². The Balaban J connectivity index is 1.68. The van der Waals surface area contributed by atoms with Crippen molar-refractivity contribution in [2.75, 3.05) is 31.1 Å². The van der Waals surface area contributed by atoms with Crippen molar-refractivity contribution in [3.8, 4) is 0 Å². The van der Waals surface area contributed by atoms with Crippen LogP contribution in [0.2, 0.25) is 0 Å². The zero-order valence-electron chi connectivity index (χ0n) is 13.5. The first kappa shape index (κ1) is 15.6. The molecule has 0 radical (unpaired) electrons. The Hall–Kier alpha value is -2.33.